The van der Waals surface area contributed by atoms with Crippen molar-refractivity contribution in [3.8, 4) is 11.5 Å². The number of carbonyl (C=O) groups is 1. The van der Waals surface area contributed by atoms with Crippen molar-refractivity contribution in [2.75, 3.05) is 26.3 Å². The van der Waals surface area contributed by atoms with Gasteiger partial charge in [0, 0.05) is 13.1 Å². The molecule has 3 rings (SSSR count). The lowest BCUT2D eigenvalue weighted by atomic mass is 10.1. The Kier molecular flexibility index (Phi) is 3.72. The molecule has 0 aromatic heterocycles. The van der Waals surface area contributed by atoms with E-state index in [-0.39, 0.29) is 5.92 Å². The van der Waals surface area contributed by atoms with E-state index in [2.05, 4.69) is 4.90 Å². The second kappa shape index (κ2) is 5.50. The largest absolute Gasteiger partial charge is 0.486 e. The molecule has 0 aliphatic carbocycles. The molecule has 2 heterocycles. The maximum absolute atomic E-state index is 11.0. The van der Waals surface area contributed by atoms with Crippen LogP contribution in [0.3, 0.4) is 0 Å². The third-order valence-electron chi connectivity index (χ3n) is 3.68. The van der Waals surface area contributed by atoms with Gasteiger partial charge in [0.1, 0.15) is 13.2 Å². The Bertz CT molecular complexity index is 534. The summed E-state index contributed by atoms with van der Waals surface area (Å²) in [6, 6.07) is 3.79. The predicted molar refractivity (Wildman–Crippen MR) is 73.5 cm³/mol. The summed E-state index contributed by atoms with van der Waals surface area (Å²) in [5.74, 6) is 0.301. The first kappa shape index (κ1) is 13.5. The van der Waals surface area contributed by atoms with E-state index >= 15 is 0 Å². The highest BCUT2D eigenvalue weighted by Crippen LogP contribution is 2.38. The van der Waals surface area contributed by atoms with Gasteiger partial charge in [-0.25, -0.2) is 0 Å². The standard InChI is InChI=1S/C14H16ClNO4/c15-11-5-9(6-12-13(11)20-4-3-19-12)7-16-2-1-10(8-16)14(17)18/h5-6,10H,1-4,7-8H2,(H,17,18)/t10-/m1/s1. The number of ether oxygens (including phenoxy) is 2. The monoisotopic (exact) mass is 297 g/mol. The van der Waals surface area contributed by atoms with Gasteiger partial charge in [-0.1, -0.05) is 11.6 Å². The van der Waals surface area contributed by atoms with E-state index in [1.165, 1.54) is 0 Å². The molecule has 0 radical (unpaired) electrons. The first-order chi connectivity index (χ1) is 9.63. The smallest absolute Gasteiger partial charge is 0.307 e. The van der Waals surface area contributed by atoms with Gasteiger partial charge in [-0.05, 0) is 30.7 Å². The Balaban J connectivity index is 1.72. The zero-order valence-electron chi connectivity index (χ0n) is 11.0. The zero-order chi connectivity index (χ0) is 14.1. The number of fused-ring (bicyclic) bond motifs is 1. The fraction of sp³-hybridized carbons (Fsp3) is 0.500. The van der Waals surface area contributed by atoms with E-state index in [0.717, 1.165) is 12.1 Å². The van der Waals surface area contributed by atoms with Crippen molar-refractivity contribution in [1.29, 1.82) is 0 Å². The minimum absolute atomic E-state index is 0.261. The van der Waals surface area contributed by atoms with Crippen LogP contribution in [0.15, 0.2) is 12.1 Å². The van der Waals surface area contributed by atoms with Crippen LogP contribution in [0, 0.1) is 5.92 Å². The first-order valence-corrected chi connectivity index (χ1v) is 7.04. The summed E-state index contributed by atoms with van der Waals surface area (Å²) < 4.78 is 11.0. The molecule has 1 atom stereocenters. The van der Waals surface area contributed by atoms with E-state index in [9.17, 15) is 4.79 Å². The number of halogens is 1. The Labute approximate surface area is 122 Å². The van der Waals surface area contributed by atoms with E-state index < -0.39 is 5.97 Å². The molecule has 0 saturated carbocycles. The second-order valence-corrected chi connectivity index (χ2v) is 5.57. The van der Waals surface area contributed by atoms with Gasteiger partial charge in [0.05, 0.1) is 10.9 Å². The summed E-state index contributed by atoms with van der Waals surface area (Å²) in [5.41, 5.74) is 1.02. The molecule has 20 heavy (non-hydrogen) atoms. The summed E-state index contributed by atoms with van der Waals surface area (Å²) in [6.07, 6.45) is 0.702. The normalized spacial score (nSPS) is 21.9. The highest BCUT2D eigenvalue weighted by molar-refractivity contribution is 6.32. The number of aliphatic carboxylic acids is 1. The molecule has 1 aromatic rings. The van der Waals surface area contributed by atoms with E-state index in [0.29, 0.717) is 49.2 Å². The number of carboxylic acid groups (broad SMARTS) is 1. The van der Waals surface area contributed by atoms with Gasteiger partial charge in [-0.15, -0.1) is 0 Å². The highest BCUT2D eigenvalue weighted by Gasteiger charge is 2.28. The van der Waals surface area contributed by atoms with Crippen LogP contribution in [-0.2, 0) is 11.3 Å². The summed E-state index contributed by atoms with van der Waals surface area (Å²) >= 11 is 6.19. The van der Waals surface area contributed by atoms with Gasteiger partial charge < -0.3 is 14.6 Å². The summed E-state index contributed by atoms with van der Waals surface area (Å²) in [6.45, 7) is 3.10. The van der Waals surface area contributed by atoms with Crippen LogP contribution in [0.1, 0.15) is 12.0 Å². The number of likely N-dealkylation sites (tertiary alicyclic amines) is 1. The molecule has 0 spiro atoms. The number of benzene rings is 1. The van der Waals surface area contributed by atoms with Crippen LogP contribution in [0.25, 0.3) is 0 Å². The molecule has 0 amide bonds. The number of hydrogen-bond donors (Lipinski definition) is 1. The van der Waals surface area contributed by atoms with E-state index in [4.69, 9.17) is 26.2 Å². The zero-order valence-corrected chi connectivity index (χ0v) is 11.7. The molecular formula is C14H16ClNO4. The minimum Gasteiger partial charge on any atom is -0.486 e. The van der Waals surface area contributed by atoms with Crippen molar-refractivity contribution in [3.63, 3.8) is 0 Å². The Hall–Kier alpha value is -1.46. The first-order valence-electron chi connectivity index (χ1n) is 6.66. The van der Waals surface area contributed by atoms with Crippen molar-refractivity contribution >= 4 is 17.6 Å². The average molecular weight is 298 g/mol. The minimum atomic E-state index is -0.715. The fourth-order valence-electron chi connectivity index (χ4n) is 2.69. The third-order valence-corrected chi connectivity index (χ3v) is 3.97. The lowest BCUT2D eigenvalue weighted by Crippen LogP contribution is -2.23. The molecule has 0 unspecified atom stereocenters. The van der Waals surface area contributed by atoms with Crippen LogP contribution in [0.5, 0.6) is 11.5 Å². The molecule has 1 fully saturated rings. The van der Waals surface area contributed by atoms with E-state index in [1.54, 1.807) is 0 Å². The van der Waals surface area contributed by atoms with Crippen molar-refractivity contribution < 1.29 is 19.4 Å². The quantitative estimate of drug-likeness (QED) is 0.925. The van der Waals surface area contributed by atoms with Gasteiger partial charge in [-0.3, -0.25) is 9.69 Å². The maximum atomic E-state index is 11.0. The number of hydrogen-bond acceptors (Lipinski definition) is 4. The Morgan fingerprint density at radius 3 is 2.95 bits per heavy atom. The van der Waals surface area contributed by atoms with Crippen molar-refractivity contribution in [1.82, 2.24) is 4.90 Å². The van der Waals surface area contributed by atoms with Crippen LogP contribution < -0.4 is 9.47 Å². The number of nitrogens with zero attached hydrogens (tertiary/aromatic N) is 1. The molecule has 2 aliphatic rings. The van der Waals surface area contributed by atoms with Gasteiger partial charge in [-0.2, -0.15) is 0 Å². The second-order valence-electron chi connectivity index (χ2n) is 5.16. The number of rotatable bonds is 3. The van der Waals surface area contributed by atoms with Crippen LogP contribution in [0.4, 0.5) is 0 Å². The highest BCUT2D eigenvalue weighted by atomic mass is 35.5. The van der Waals surface area contributed by atoms with Gasteiger partial charge in [0.25, 0.3) is 0 Å². The molecule has 1 aromatic carbocycles. The SMILES string of the molecule is O=C(O)[C@@H]1CCN(Cc2cc(Cl)c3c(c2)OCCO3)C1. The average Bonchev–Trinajstić information content (AvgIpc) is 2.87. The molecule has 1 saturated heterocycles. The topological polar surface area (TPSA) is 59.0 Å². The molecule has 6 heteroatoms. The third kappa shape index (κ3) is 2.69. The van der Waals surface area contributed by atoms with Crippen LogP contribution in [0.2, 0.25) is 5.02 Å². The molecule has 5 nitrogen and oxygen atoms in total. The fourth-order valence-corrected chi connectivity index (χ4v) is 2.98. The summed E-state index contributed by atoms with van der Waals surface area (Å²) in [4.78, 5) is 13.1. The van der Waals surface area contributed by atoms with Crippen molar-refractivity contribution in [2.45, 2.75) is 13.0 Å². The number of carboxylic acids is 1. The molecule has 1 N–H and O–H groups in total. The van der Waals surface area contributed by atoms with E-state index in [1.807, 2.05) is 12.1 Å². The molecule has 0 bridgehead atoms. The van der Waals surface area contributed by atoms with Crippen LogP contribution >= 0.6 is 11.6 Å². The molecule has 2 aliphatic heterocycles. The Morgan fingerprint density at radius 2 is 2.20 bits per heavy atom. The molecule has 108 valence electrons. The predicted octanol–water partition coefficient (Wildman–Crippen LogP) is 2.02. The molecular weight excluding hydrogens is 282 g/mol. The van der Waals surface area contributed by atoms with Crippen molar-refractivity contribution in [2.24, 2.45) is 5.92 Å². The van der Waals surface area contributed by atoms with Crippen molar-refractivity contribution in [3.05, 3.63) is 22.7 Å². The summed E-state index contributed by atoms with van der Waals surface area (Å²) in [5, 5.41) is 9.56. The Morgan fingerprint density at radius 1 is 1.40 bits per heavy atom. The summed E-state index contributed by atoms with van der Waals surface area (Å²) in [7, 11) is 0. The van der Waals surface area contributed by atoms with Gasteiger partial charge in [0.15, 0.2) is 11.5 Å². The van der Waals surface area contributed by atoms with Gasteiger partial charge in [0.2, 0.25) is 0 Å². The van der Waals surface area contributed by atoms with Crippen LogP contribution in [-0.4, -0.2) is 42.3 Å². The maximum Gasteiger partial charge on any atom is 0.307 e. The lowest BCUT2D eigenvalue weighted by molar-refractivity contribution is -0.141. The lowest BCUT2D eigenvalue weighted by Gasteiger charge is -2.22. The van der Waals surface area contributed by atoms with Gasteiger partial charge >= 0.3 is 5.97 Å².